The Morgan fingerprint density at radius 1 is 1.19 bits per heavy atom. The number of carbonyl (C=O) groups excluding carboxylic acids is 3. The lowest BCUT2D eigenvalue weighted by Gasteiger charge is -2.19. The third-order valence-corrected chi connectivity index (χ3v) is 3.51. The molecule has 3 amide bonds. The summed E-state index contributed by atoms with van der Waals surface area (Å²) in [6.07, 6.45) is 5.80. The molecule has 1 aliphatic rings. The van der Waals surface area contributed by atoms with Gasteiger partial charge in [0, 0.05) is 12.6 Å². The van der Waals surface area contributed by atoms with Crippen molar-refractivity contribution in [3.63, 3.8) is 0 Å². The summed E-state index contributed by atoms with van der Waals surface area (Å²) in [5, 5.41) is 5.22. The van der Waals surface area contributed by atoms with Crippen LogP contribution >= 0.6 is 0 Å². The van der Waals surface area contributed by atoms with Gasteiger partial charge in [-0.05, 0) is 19.8 Å². The number of esters is 1. The third kappa shape index (κ3) is 7.53. The van der Waals surface area contributed by atoms with Crippen LogP contribution in [0.1, 0.15) is 51.9 Å². The summed E-state index contributed by atoms with van der Waals surface area (Å²) in [7, 11) is 0. The highest BCUT2D eigenvalue weighted by Gasteiger charge is 2.21. The van der Waals surface area contributed by atoms with E-state index in [2.05, 4.69) is 10.6 Å². The van der Waals surface area contributed by atoms with Crippen LogP contribution < -0.4 is 16.4 Å². The molecule has 0 saturated heterocycles. The lowest BCUT2D eigenvalue weighted by atomic mass is 10.1. The van der Waals surface area contributed by atoms with E-state index in [-0.39, 0.29) is 24.9 Å². The minimum absolute atomic E-state index is 0.00993. The Bertz CT molecular complexity index is 365. The Balaban J connectivity index is 2.26. The van der Waals surface area contributed by atoms with E-state index in [1.54, 1.807) is 6.92 Å². The molecule has 1 fully saturated rings. The molecule has 4 N–H and O–H groups in total. The molecule has 0 aromatic rings. The number of primary amides is 1. The lowest BCUT2D eigenvalue weighted by Crippen LogP contribution is -2.42. The van der Waals surface area contributed by atoms with Crippen LogP contribution in [-0.4, -0.2) is 36.6 Å². The molecule has 0 unspecified atom stereocenters. The van der Waals surface area contributed by atoms with Crippen molar-refractivity contribution >= 4 is 17.9 Å². The van der Waals surface area contributed by atoms with Crippen molar-refractivity contribution in [2.24, 2.45) is 5.73 Å². The highest BCUT2D eigenvalue weighted by atomic mass is 16.5. The van der Waals surface area contributed by atoms with Crippen LogP contribution in [0.15, 0.2) is 0 Å². The number of amides is 3. The van der Waals surface area contributed by atoms with E-state index in [9.17, 15) is 14.4 Å². The molecule has 120 valence electrons. The van der Waals surface area contributed by atoms with Gasteiger partial charge in [0.25, 0.3) is 5.91 Å². The Kier molecular flexibility index (Phi) is 7.56. The van der Waals surface area contributed by atoms with Gasteiger partial charge in [0.15, 0.2) is 6.10 Å². The topological polar surface area (TPSA) is 111 Å². The van der Waals surface area contributed by atoms with Gasteiger partial charge in [-0.1, -0.05) is 25.7 Å². The zero-order chi connectivity index (χ0) is 15.7. The molecular weight excluding hydrogens is 274 g/mol. The number of carbonyl (C=O) groups is 3. The maximum atomic E-state index is 12.0. The van der Waals surface area contributed by atoms with Crippen molar-refractivity contribution < 1.29 is 19.1 Å². The molecule has 0 bridgehead atoms. The van der Waals surface area contributed by atoms with Crippen molar-refractivity contribution in [2.45, 2.75) is 64.0 Å². The van der Waals surface area contributed by atoms with Crippen LogP contribution in [-0.2, 0) is 14.3 Å². The van der Waals surface area contributed by atoms with Crippen molar-refractivity contribution in [1.82, 2.24) is 10.6 Å². The van der Waals surface area contributed by atoms with Crippen LogP contribution in [0.2, 0.25) is 0 Å². The van der Waals surface area contributed by atoms with Gasteiger partial charge in [0.1, 0.15) is 0 Å². The molecule has 0 radical (unpaired) electrons. The van der Waals surface area contributed by atoms with Crippen molar-refractivity contribution in [3.8, 4) is 0 Å². The van der Waals surface area contributed by atoms with E-state index in [4.69, 9.17) is 10.5 Å². The van der Waals surface area contributed by atoms with E-state index in [1.165, 1.54) is 12.8 Å². The zero-order valence-electron chi connectivity index (χ0n) is 12.5. The Morgan fingerprint density at radius 3 is 2.38 bits per heavy atom. The second-order valence-corrected chi connectivity index (χ2v) is 5.37. The van der Waals surface area contributed by atoms with Gasteiger partial charge in [-0.3, -0.25) is 9.59 Å². The van der Waals surface area contributed by atoms with Crippen LogP contribution in [0, 0.1) is 0 Å². The molecule has 0 heterocycles. The summed E-state index contributed by atoms with van der Waals surface area (Å²) in [5.41, 5.74) is 4.88. The number of urea groups is 1. The van der Waals surface area contributed by atoms with Crippen molar-refractivity contribution in [3.05, 3.63) is 0 Å². The largest absolute Gasteiger partial charge is 0.452 e. The molecule has 7 heteroatoms. The highest BCUT2D eigenvalue weighted by molar-refractivity contribution is 5.83. The minimum Gasteiger partial charge on any atom is -0.452 e. The smallest absolute Gasteiger partial charge is 0.312 e. The summed E-state index contributed by atoms with van der Waals surface area (Å²) in [6.45, 7) is 1.65. The van der Waals surface area contributed by atoms with Crippen molar-refractivity contribution in [1.29, 1.82) is 0 Å². The van der Waals surface area contributed by atoms with Crippen LogP contribution in [0.3, 0.4) is 0 Å². The van der Waals surface area contributed by atoms with E-state index < -0.39 is 18.1 Å². The van der Waals surface area contributed by atoms with Crippen LogP contribution in [0.5, 0.6) is 0 Å². The van der Waals surface area contributed by atoms with E-state index in [0.717, 1.165) is 25.7 Å². The number of rotatable bonds is 6. The number of ether oxygens (including phenoxy) is 1. The van der Waals surface area contributed by atoms with Crippen LogP contribution in [0.4, 0.5) is 4.79 Å². The van der Waals surface area contributed by atoms with E-state index in [1.807, 2.05) is 0 Å². The van der Waals surface area contributed by atoms with Gasteiger partial charge >= 0.3 is 12.0 Å². The molecule has 0 aromatic heterocycles. The van der Waals surface area contributed by atoms with Gasteiger partial charge in [0.2, 0.25) is 0 Å². The Hall–Kier alpha value is -1.79. The summed E-state index contributed by atoms with van der Waals surface area (Å²) in [4.78, 5) is 33.9. The molecule has 0 spiro atoms. The molecule has 1 rings (SSSR count). The first kappa shape index (κ1) is 17.3. The van der Waals surface area contributed by atoms with Crippen molar-refractivity contribution in [2.75, 3.05) is 6.54 Å². The Morgan fingerprint density at radius 2 is 1.81 bits per heavy atom. The molecule has 21 heavy (non-hydrogen) atoms. The first-order valence-electron chi connectivity index (χ1n) is 7.52. The summed E-state index contributed by atoms with van der Waals surface area (Å²) in [6, 6.07) is -0.514. The molecule has 1 aliphatic carbocycles. The fraction of sp³-hybridized carbons (Fsp3) is 0.786. The SMILES string of the molecule is C[C@@H](OC(=O)CCNC(N)=O)C(=O)NC1CCCCCC1. The molecular formula is C14H25N3O4. The second-order valence-electron chi connectivity index (χ2n) is 5.37. The van der Waals surface area contributed by atoms with E-state index >= 15 is 0 Å². The Labute approximate surface area is 125 Å². The number of hydrogen-bond donors (Lipinski definition) is 3. The normalized spacial score (nSPS) is 17.4. The predicted molar refractivity (Wildman–Crippen MR) is 77.4 cm³/mol. The van der Waals surface area contributed by atoms with Gasteiger partial charge < -0.3 is 21.1 Å². The third-order valence-electron chi connectivity index (χ3n) is 3.51. The lowest BCUT2D eigenvalue weighted by molar-refractivity contribution is -0.155. The molecule has 1 saturated carbocycles. The summed E-state index contributed by atoms with van der Waals surface area (Å²) >= 11 is 0. The molecule has 7 nitrogen and oxygen atoms in total. The number of nitrogens with two attached hydrogens (primary N) is 1. The number of nitrogens with one attached hydrogen (secondary N) is 2. The second kappa shape index (κ2) is 9.20. The molecule has 0 aliphatic heterocycles. The summed E-state index contributed by atoms with van der Waals surface area (Å²) < 4.78 is 5.02. The summed E-state index contributed by atoms with van der Waals surface area (Å²) in [5.74, 6) is -0.801. The fourth-order valence-corrected chi connectivity index (χ4v) is 2.34. The van der Waals surface area contributed by atoms with Gasteiger partial charge in [-0.25, -0.2) is 4.79 Å². The van der Waals surface area contributed by atoms with Crippen LogP contribution in [0.25, 0.3) is 0 Å². The van der Waals surface area contributed by atoms with E-state index in [0.29, 0.717) is 0 Å². The maximum absolute atomic E-state index is 12.0. The van der Waals surface area contributed by atoms with Gasteiger partial charge in [0.05, 0.1) is 6.42 Å². The fourth-order valence-electron chi connectivity index (χ4n) is 2.34. The minimum atomic E-state index is -0.825. The number of hydrogen-bond acceptors (Lipinski definition) is 4. The van der Waals surface area contributed by atoms with Gasteiger partial charge in [-0.15, -0.1) is 0 Å². The predicted octanol–water partition coefficient (Wildman–Crippen LogP) is 0.816. The first-order chi connectivity index (χ1) is 9.99. The molecule has 1 atom stereocenters. The maximum Gasteiger partial charge on any atom is 0.312 e. The molecule has 0 aromatic carbocycles. The standard InChI is InChI=1S/C14H25N3O4/c1-10(21-12(18)8-9-16-14(15)20)13(19)17-11-6-4-2-3-5-7-11/h10-11H,2-9H2,1H3,(H,17,19)(H3,15,16,20)/t10-/m1/s1. The monoisotopic (exact) mass is 299 g/mol. The average molecular weight is 299 g/mol. The first-order valence-corrected chi connectivity index (χ1v) is 7.52. The quantitative estimate of drug-likeness (QED) is 0.498. The average Bonchev–Trinajstić information content (AvgIpc) is 2.66. The zero-order valence-corrected chi connectivity index (χ0v) is 12.5. The highest BCUT2D eigenvalue weighted by Crippen LogP contribution is 2.17. The van der Waals surface area contributed by atoms with Gasteiger partial charge in [-0.2, -0.15) is 0 Å².